The van der Waals surface area contributed by atoms with E-state index in [1.165, 1.54) is 0 Å². The standard InChI is InChI=1S/C23H24ClN3O2S/c1-3-10-29-15-8-9-16(14(2)11-15)22-18(12-21(28)27-23(25)26)19(13-30-22)17-6-4-5-7-20(17)24/h4-9,11,13H,3,10,12H2,1-2H3,(H4,25,26,27,28). The highest BCUT2D eigenvalue weighted by atomic mass is 35.5. The van der Waals surface area contributed by atoms with Crippen molar-refractivity contribution in [2.24, 2.45) is 16.5 Å². The van der Waals surface area contributed by atoms with Crippen LogP contribution >= 0.6 is 22.9 Å². The Morgan fingerprint density at radius 3 is 2.57 bits per heavy atom. The highest BCUT2D eigenvalue weighted by Crippen LogP contribution is 2.42. The Kier molecular flexibility index (Phi) is 7.13. The Morgan fingerprint density at radius 2 is 1.90 bits per heavy atom. The Morgan fingerprint density at radius 1 is 1.13 bits per heavy atom. The number of aryl methyl sites for hydroxylation is 1. The summed E-state index contributed by atoms with van der Waals surface area (Å²) in [7, 11) is 0. The SMILES string of the molecule is CCCOc1ccc(-c2scc(-c3ccccc3Cl)c2CC(=O)N=C(N)N)c(C)c1. The van der Waals surface area contributed by atoms with Crippen molar-refractivity contribution in [2.45, 2.75) is 26.7 Å². The van der Waals surface area contributed by atoms with Gasteiger partial charge >= 0.3 is 0 Å². The van der Waals surface area contributed by atoms with Gasteiger partial charge in [-0.05, 0) is 65.2 Å². The lowest BCUT2D eigenvalue weighted by atomic mass is 9.96. The maximum atomic E-state index is 12.4. The van der Waals surface area contributed by atoms with Crippen LogP contribution in [-0.2, 0) is 11.2 Å². The maximum absolute atomic E-state index is 12.4. The lowest BCUT2D eigenvalue weighted by molar-refractivity contribution is -0.117. The van der Waals surface area contributed by atoms with Crippen molar-refractivity contribution in [1.29, 1.82) is 0 Å². The molecule has 0 radical (unpaired) electrons. The van der Waals surface area contributed by atoms with Crippen LogP contribution in [0.4, 0.5) is 0 Å². The molecule has 1 heterocycles. The van der Waals surface area contributed by atoms with Crippen molar-refractivity contribution >= 4 is 34.8 Å². The molecule has 0 atom stereocenters. The van der Waals surface area contributed by atoms with Crippen LogP contribution in [0.25, 0.3) is 21.6 Å². The summed E-state index contributed by atoms with van der Waals surface area (Å²) in [4.78, 5) is 17.1. The molecule has 0 saturated carbocycles. The zero-order valence-corrected chi connectivity index (χ0v) is 18.5. The number of thiophene rings is 1. The highest BCUT2D eigenvalue weighted by molar-refractivity contribution is 7.14. The minimum atomic E-state index is -0.400. The number of guanidine groups is 1. The molecule has 0 bridgehead atoms. The summed E-state index contributed by atoms with van der Waals surface area (Å²) in [6.07, 6.45) is 1.02. The lowest BCUT2D eigenvalue weighted by Crippen LogP contribution is -2.24. The molecule has 1 aromatic heterocycles. The van der Waals surface area contributed by atoms with E-state index < -0.39 is 5.91 Å². The second-order valence-electron chi connectivity index (χ2n) is 6.87. The molecular weight excluding hydrogens is 418 g/mol. The van der Waals surface area contributed by atoms with Gasteiger partial charge in [-0.1, -0.05) is 36.7 Å². The fourth-order valence-corrected chi connectivity index (χ4v) is 4.65. The smallest absolute Gasteiger partial charge is 0.253 e. The summed E-state index contributed by atoms with van der Waals surface area (Å²) in [5.41, 5.74) is 15.5. The molecule has 3 rings (SSSR count). The van der Waals surface area contributed by atoms with Gasteiger partial charge in [-0.25, -0.2) is 0 Å². The van der Waals surface area contributed by atoms with Gasteiger partial charge in [0.25, 0.3) is 5.91 Å². The number of nitrogens with zero attached hydrogens (tertiary/aromatic N) is 1. The molecule has 0 unspecified atom stereocenters. The van der Waals surface area contributed by atoms with E-state index in [4.69, 9.17) is 27.8 Å². The zero-order chi connectivity index (χ0) is 21.7. The van der Waals surface area contributed by atoms with Crippen molar-refractivity contribution in [2.75, 3.05) is 6.61 Å². The predicted molar refractivity (Wildman–Crippen MR) is 125 cm³/mol. The molecule has 0 fully saturated rings. The Hall–Kier alpha value is -2.83. The first-order chi connectivity index (χ1) is 14.4. The first kappa shape index (κ1) is 21.9. The fraction of sp³-hybridized carbons (Fsp3) is 0.217. The van der Waals surface area contributed by atoms with Crippen LogP contribution in [0.3, 0.4) is 0 Å². The Balaban J connectivity index is 2.10. The minimum absolute atomic E-state index is 0.0742. The normalized spacial score (nSPS) is 10.6. The van der Waals surface area contributed by atoms with Gasteiger partial charge < -0.3 is 16.2 Å². The third-order valence-electron chi connectivity index (χ3n) is 4.56. The van der Waals surface area contributed by atoms with E-state index in [2.05, 4.69) is 11.9 Å². The van der Waals surface area contributed by atoms with E-state index in [1.807, 2.05) is 54.8 Å². The number of benzene rings is 2. The van der Waals surface area contributed by atoms with Gasteiger partial charge in [0, 0.05) is 15.5 Å². The van der Waals surface area contributed by atoms with Gasteiger partial charge in [-0.2, -0.15) is 4.99 Å². The monoisotopic (exact) mass is 441 g/mol. The molecule has 1 amide bonds. The van der Waals surface area contributed by atoms with E-state index in [9.17, 15) is 4.79 Å². The fourth-order valence-electron chi connectivity index (χ4n) is 3.23. The Bertz CT molecular complexity index is 1090. The molecule has 4 N–H and O–H groups in total. The topological polar surface area (TPSA) is 90.7 Å². The molecular formula is C23H24ClN3O2S. The summed E-state index contributed by atoms with van der Waals surface area (Å²) < 4.78 is 5.74. The van der Waals surface area contributed by atoms with Gasteiger partial charge in [0.2, 0.25) is 0 Å². The first-order valence-corrected chi connectivity index (χ1v) is 10.9. The minimum Gasteiger partial charge on any atom is -0.494 e. The summed E-state index contributed by atoms with van der Waals surface area (Å²) >= 11 is 8.01. The number of halogens is 1. The molecule has 0 aliphatic heterocycles. The van der Waals surface area contributed by atoms with E-state index in [0.29, 0.717) is 11.6 Å². The van der Waals surface area contributed by atoms with E-state index in [1.54, 1.807) is 11.3 Å². The summed E-state index contributed by atoms with van der Waals surface area (Å²) in [5.74, 6) is 0.187. The van der Waals surface area contributed by atoms with Gasteiger partial charge in [0.15, 0.2) is 5.96 Å². The number of ether oxygens (including phenoxy) is 1. The maximum Gasteiger partial charge on any atom is 0.253 e. The third-order valence-corrected chi connectivity index (χ3v) is 5.94. The molecule has 0 saturated heterocycles. The van der Waals surface area contributed by atoms with Crippen molar-refractivity contribution in [3.8, 4) is 27.3 Å². The first-order valence-electron chi connectivity index (χ1n) is 9.62. The van der Waals surface area contributed by atoms with E-state index >= 15 is 0 Å². The average molecular weight is 442 g/mol. The lowest BCUT2D eigenvalue weighted by Gasteiger charge is -2.12. The number of carbonyl (C=O) groups excluding carboxylic acids is 1. The second kappa shape index (κ2) is 9.78. The zero-order valence-electron chi connectivity index (χ0n) is 16.9. The summed E-state index contributed by atoms with van der Waals surface area (Å²) in [6, 6.07) is 13.6. The quantitative estimate of drug-likeness (QED) is 0.390. The van der Waals surface area contributed by atoms with Gasteiger partial charge in [-0.15, -0.1) is 11.3 Å². The molecule has 30 heavy (non-hydrogen) atoms. The molecule has 2 aromatic carbocycles. The number of hydrogen-bond acceptors (Lipinski definition) is 3. The van der Waals surface area contributed by atoms with Crippen molar-refractivity contribution in [1.82, 2.24) is 0 Å². The molecule has 5 nitrogen and oxygen atoms in total. The summed E-state index contributed by atoms with van der Waals surface area (Å²) in [5, 5.41) is 2.65. The van der Waals surface area contributed by atoms with Crippen LogP contribution in [0.1, 0.15) is 24.5 Å². The largest absolute Gasteiger partial charge is 0.494 e. The van der Waals surface area contributed by atoms with Crippen LogP contribution in [-0.4, -0.2) is 18.5 Å². The van der Waals surface area contributed by atoms with Crippen molar-refractivity contribution in [3.05, 3.63) is 64.0 Å². The number of rotatable bonds is 7. The third kappa shape index (κ3) is 5.01. The van der Waals surface area contributed by atoms with Crippen molar-refractivity contribution in [3.63, 3.8) is 0 Å². The van der Waals surface area contributed by atoms with E-state index in [-0.39, 0.29) is 12.4 Å². The molecule has 0 aliphatic carbocycles. The van der Waals surface area contributed by atoms with E-state index in [0.717, 1.165) is 44.9 Å². The van der Waals surface area contributed by atoms with Crippen LogP contribution in [0, 0.1) is 6.92 Å². The highest BCUT2D eigenvalue weighted by Gasteiger charge is 2.20. The second-order valence-corrected chi connectivity index (χ2v) is 8.16. The van der Waals surface area contributed by atoms with Gasteiger partial charge in [0.1, 0.15) is 5.75 Å². The number of nitrogens with two attached hydrogens (primary N) is 2. The van der Waals surface area contributed by atoms with Crippen LogP contribution in [0.5, 0.6) is 5.75 Å². The van der Waals surface area contributed by atoms with Crippen LogP contribution in [0.2, 0.25) is 5.02 Å². The van der Waals surface area contributed by atoms with Crippen LogP contribution < -0.4 is 16.2 Å². The Labute approximate surface area is 185 Å². The average Bonchev–Trinajstić information content (AvgIpc) is 3.09. The number of aliphatic imine (C=N–C) groups is 1. The summed E-state index contributed by atoms with van der Waals surface area (Å²) in [6.45, 7) is 4.78. The molecule has 0 aliphatic rings. The number of amides is 1. The molecule has 0 spiro atoms. The number of carbonyl (C=O) groups is 1. The molecule has 3 aromatic rings. The molecule has 7 heteroatoms. The number of hydrogen-bond donors (Lipinski definition) is 2. The van der Waals surface area contributed by atoms with Gasteiger partial charge in [0.05, 0.1) is 13.0 Å². The van der Waals surface area contributed by atoms with Crippen molar-refractivity contribution < 1.29 is 9.53 Å². The molecule has 156 valence electrons. The van der Waals surface area contributed by atoms with Gasteiger partial charge in [-0.3, -0.25) is 4.79 Å². The predicted octanol–water partition coefficient (Wildman–Crippen LogP) is 5.18. The van der Waals surface area contributed by atoms with Crippen LogP contribution in [0.15, 0.2) is 52.8 Å².